The van der Waals surface area contributed by atoms with Crippen molar-refractivity contribution in [3.8, 4) is 16.9 Å². The van der Waals surface area contributed by atoms with Crippen LogP contribution >= 0.6 is 0 Å². The molecule has 1 aliphatic carbocycles. The molecule has 4 aromatic rings. The molecule has 0 spiro atoms. The van der Waals surface area contributed by atoms with E-state index in [2.05, 4.69) is 34.9 Å². The lowest BCUT2D eigenvalue weighted by Gasteiger charge is -2.22. The summed E-state index contributed by atoms with van der Waals surface area (Å²) < 4.78 is 5.70. The summed E-state index contributed by atoms with van der Waals surface area (Å²) in [6.45, 7) is 2.03. The van der Waals surface area contributed by atoms with Gasteiger partial charge < -0.3 is 20.5 Å². The molecule has 2 atom stereocenters. The molecule has 2 amide bonds. The zero-order chi connectivity index (χ0) is 26.5. The normalized spacial score (nSPS) is 13.6. The molecule has 5 rings (SSSR count). The second kappa shape index (κ2) is 11.2. The predicted molar refractivity (Wildman–Crippen MR) is 147 cm³/mol. The molecule has 0 radical (unpaired) electrons. The van der Waals surface area contributed by atoms with Crippen LogP contribution in [0.3, 0.4) is 0 Å². The van der Waals surface area contributed by atoms with Crippen molar-refractivity contribution in [3.63, 3.8) is 0 Å². The predicted octanol–water partition coefficient (Wildman–Crippen LogP) is 5.72. The fourth-order valence-corrected chi connectivity index (χ4v) is 5.00. The maximum atomic E-state index is 13.3. The first-order chi connectivity index (χ1) is 18.5. The van der Waals surface area contributed by atoms with Crippen LogP contribution in [0.1, 0.15) is 41.1 Å². The molecule has 38 heavy (non-hydrogen) atoms. The van der Waals surface area contributed by atoms with Gasteiger partial charge in [-0.15, -0.1) is 0 Å². The van der Waals surface area contributed by atoms with Gasteiger partial charge in [0.25, 0.3) is 0 Å². The molecule has 6 nitrogen and oxygen atoms in total. The van der Waals surface area contributed by atoms with Crippen LogP contribution in [-0.4, -0.2) is 29.8 Å². The summed E-state index contributed by atoms with van der Waals surface area (Å²) in [6, 6.07) is 31.4. The van der Waals surface area contributed by atoms with Crippen molar-refractivity contribution in [2.24, 2.45) is 0 Å². The molecule has 3 N–H and O–H groups in total. The van der Waals surface area contributed by atoms with Crippen molar-refractivity contribution in [2.75, 3.05) is 6.61 Å². The maximum Gasteiger partial charge on any atom is 0.407 e. The van der Waals surface area contributed by atoms with Gasteiger partial charge in [0, 0.05) is 12.3 Å². The van der Waals surface area contributed by atoms with Gasteiger partial charge in [-0.05, 0) is 52.4 Å². The highest BCUT2D eigenvalue weighted by atomic mass is 16.5. The quantitative estimate of drug-likeness (QED) is 0.285. The number of amides is 2. The minimum Gasteiger partial charge on any atom is -0.508 e. The van der Waals surface area contributed by atoms with E-state index in [1.54, 1.807) is 24.3 Å². The third kappa shape index (κ3) is 5.54. The Balaban J connectivity index is 1.28. The summed E-state index contributed by atoms with van der Waals surface area (Å²) >= 11 is 0. The van der Waals surface area contributed by atoms with Crippen LogP contribution in [0.4, 0.5) is 4.79 Å². The number of carbonyl (C=O) groups is 2. The molecule has 192 valence electrons. The van der Waals surface area contributed by atoms with Gasteiger partial charge in [-0.2, -0.15) is 0 Å². The highest BCUT2D eigenvalue weighted by Gasteiger charge is 2.30. The largest absolute Gasteiger partial charge is 0.508 e. The van der Waals surface area contributed by atoms with Gasteiger partial charge in [0.15, 0.2) is 0 Å². The van der Waals surface area contributed by atoms with Crippen molar-refractivity contribution in [3.05, 3.63) is 125 Å². The SMILES string of the molecule is C[C@@H](NC(=O)[C@@H](Cc1ccccc1)NC(=O)OCC1c2ccccc2-c2ccccc21)c1ccc(O)cc1. The van der Waals surface area contributed by atoms with E-state index in [0.717, 1.165) is 33.4 Å². The van der Waals surface area contributed by atoms with E-state index < -0.39 is 12.1 Å². The fraction of sp³-hybridized carbons (Fsp3) is 0.188. The Morgan fingerprint density at radius 1 is 0.789 bits per heavy atom. The number of ether oxygens (including phenoxy) is 1. The third-order valence-corrected chi connectivity index (χ3v) is 6.99. The Morgan fingerprint density at radius 3 is 2.00 bits per heavy atom. The van der Waals surface area contributed by atoms with Gasteiger partial charge >= 0.3 is 6.09 Å². The monoisotopic (exact) mass is 506 g/mol. The van der Waals surface area contributed by atoms with Crippen molar-refractivity contribution in [2.45, 2.75) is 31.3 Å². The Labute approximate surface area is 222 Å². The number of benzene rings is 4. The first-order valence-electron chi connectivity index (χ1n) is 12.7. The lowest BCUT2D eigenvalue weighted by molar-refractivity contribution is -0.123. The van der Waals surface area contributed by atoms with E-state index in [1.807, 2.05) is 61.5 Å². The molecule has 0 aliphatic heterocycles. The van der Waals surface area contributed by atoms with Crippen molar-refractivity contribution < 1.29 is 19.4 Å². The standard InChI is InChI=1S/C32H30N2O4/c1-21(23-15-17-24(35)18-16-23)33-31(36)30(19-22-9-3-2-4-10-22)34-32(37)38-20-29-27-13-7-5-11-25(27)26-12-6-8-14-28(26)29/h2-18,21,29-30,35H,19-20H2,1H3,(H,33,36)(H,34,37)/t21-,30-/m1/s1. The molecule has 0 heterocycles. The van der Waals surface area contributed by atoms with Gasteiger partial charge in [0.05, 0.1) is 6.04 Å². The zero-order valence-electron chi connectivity index (χ0n) is 21.1. The van der Waals surface area contributed by atoms with E-state index in [1.165, 1.54) is 0 Å². The van der Waals surface area contributed by atoms with E-state index in [4.69, 9.17) is 4.74 Å². The van der Waals surface area contributed by atoms with Gasteiger partial charge in [-0.25, -0.2) is 4.79 Å². The molecule has 4 aromatic carbocycles. The smallest absolute Gasteiger partial charge is 0.407 e. The molecule has 0 aromatic heterocycles. The Bertz CT molecular complexity index is 1370. The number of fused-ring (bicyclic) bond motifs is 3. The second-order valence-electron chi connectivity index (χ2n) is 9.53. The van der Waals surface area contributed by atoms with E-state index in [0.29, 0.717) is 6.42 Å². The molecule has 1 aliphatic rings. The number of hydrogen-bond donors (Lipinski definition) is 3. The number of nitrogens with one attached hydrogen (secondary N) is 2. The van der Waals surface area contributed by atoms with Crippen LogP contribution in [0.2, 0.25) is 0 Å². The van der Waals surface area contributed by atoms with Crippen molar-refractivity contribution in [1.82, 2.24) is 10.6 Å². The minimum atomic E-state index is -0.826. The lowest BCUT2D eigenvalue weighted by Crippen LogP contribution is -2.48. The summed E-state index contributed by atoms with van der Waals surface area (Å²) in [6.07, 6.45) is -0.320. The molecule has 0 unspecified atom stereocenters. The van der Waals surface area contributed by atoms with E-state index in [9.17, 15) is 14.7 Å². The van der Waals surface area contributed by atoms with Gasteiger partial charge in [0.2, 0.25) is 5.91 Å². The minimum absolute atomic E-state index is 0.0657. The first kappa shape index (κ1) is 25.1. The molecule has 0 bridgehead atoms. The zero-order valence-corrected chi connectivity index (χ0v) is 21.1. The second-order valence-corrected chi connectivity index (χ2v) is 9.53. The molecular weight excluding hydrogens is 476 g/mol. The van der Waals surface area contributed by atoms with Crippen LogP contribution in [-0.2, 0) is 16.0 Å². The van der Waals surface area contributed by atoms with Crippen LogP contribution in [0, 0.1) is 0 Å². The fourth-order valence-electron chi connectivity index (χ4n) is 5.00. The molecule has 0 saturated heterocycles. The first-order valence-corrected chi connectivity index (χ1v) is 12.7. The number of alkyl carbamates (subject to hydrolysis) is 1. The highest BCUT2D eigenvalue weighted by Crippen LogP contribution is 2.44. The summed E-state index contributed by atoms with van der Waals surface area (Å²) in [7, 11) is 0. The van der Waals surface area contributed by atoms with Crippen LogP contribution in [0.25, 0.3) is 11.1 Å². The van der Waals surface area contributed by atoms with Gasteiger partial charge in [-0.3, -0.25) is 4.79 Å². The Morgan fingerprint density at radius 2 is 1.37 bits per heavy atom. The third-order valence-electron chi connectivity index (χ3n) is 6.99. The van der Waals surface area contributed by atoms with E-state index >= 15 is 0 Å². The molecule has 0 fully saturated rings. The number of hydrogen-bond acceptors (Lipinski definition) is 4. The summed E-state index contributed by atoms with van der Waals surface area (Å²) in [5.74, 6) is -0.224. The van der Waals surface area contributed by atoms with Crippen molar-refractivity contribution in [1.29, 1.82) is 0 Å². The maximum absolute atomic E-state index is 13.3. The van der Waals surface area contributed by atoms with Gasteiger partial charge in [0.1, 0.15) is 18.4 Å². The molecule has 6 heteroatoms. The molecule has 0 saturated carbocycles. The lowest BCUT2D eigenvalue weighted by atomic mass is 9.98. The number of carbonyl (C=O) groups excluding carboxylic acids is 2. The summed E-state index contributed by atoms with van der Waals surface area (Å²) in [4.78, 5) is 26.3. The van der Waals surface area contributed by atoms with Crippen LogP contribution in [0.5, 0.6) is 5.75 Å². The van der Waals surface area contributed by atoms with E-state index in [-0.39, 0.29) is 30.2 Å². The summed E-state index contributed by atoms with van der Waals surface area (Å²) in [5.41, 5.74) is 6.33. The highest BCUT2D eigenvalue weighted by molar-refractivity contribution is 5.86. The Kier molecular flexibility index (Phi) is 7.40. The average Bonchev–Trinajstić information content (AvgIpc) is 3.26. The average molecular weight is 507 g/mol. The molecular formula is C32H30N2O4. The number of phenolic OH excluding ortho intramolecular Hbond substituents is 1. The summed E-state index contributed by atoms with van der Waals surface area (Å²) in [5, 5.41) is 15.3. The number of rotatable bonds is 8. The number of aromatic hydroxyl groups is 1. The topological polar surface area (TPSA) is 87.7 Å². The number of phenols is 1. The van der Waals surface area contributed by atoms with Crippen molar-refractivity contribution >= 4 is 12.0 Å². The van der Waals surface area contributed by atoms with Crippen LogP contribution < -0.4 is 10.6 Å². The Hall–Kier alpha value is -4.58. The van der Waals surface area contributed by atoms with Gasteiger partial charge in [-0.1, -0.05) is 91.0 Å². The van der Waals surface area contributed by atoms with Crippen LogP contribution in [0.15, 0.2) is 103 Å².